The van der Waals surface area contributed by atoms with Crippen LogP contribution in [0.3, 0.4) is 0 Å². The first-order chi connectivity index (χ1) is 11.1. The van der Waals surface area contributed by atoms with Gasteiger partial charge in [-0.1, -0.05) is 28.1 Å². The summed E-state index contributed by atoms with van der Waals surface area (Å²) in [6, 6.07) is 7.93. The molecule has 1 aliphatic heterocycles. The maximum atomic E-state index is 12.6. The fraction of sp³-hybridized carbons (Fsp3) is 0.375. The second kappa shape index (κ2) is 8.40. The van der Waals surface area contributed by atoms with Gasteiger partial charge in [0.15, 0.2) is 5.13 Å². The Kier molecular flexibility index (Phi) is 6.77. The molecule has 1 aromatic carbocycles. The standard InChI is InChI=1S/C16H18BrN3O2S.ClH/c1-22-16(5-7-18-8-6-16)14(21)20-15-19-13(10-23-15)11-3-2-4-12(17)9-11;/h2-4,9-10,18H,5-8H2,1H3,(H,19,20,21);1H. The number of nitrogens with one attached hydrogen (secondary N) is 2. The van der Waals surface area contributed by atoms with Crippen LogP contribution in [0.15, 0.2) is 34.1 Å². The Labute approximate surface area is 159 Å². The molecule has 0 atom stereocenters. The van der Waals surface area contributed by atoms with E-state index in [9.17, 15) is 4.79 Å². The summed E-state index contributed by atoms with van der Waals surface area (Å²) in [4.78, 5) is 17.1. The van der Waals surface area contributed by atoms with Crippen LogP contribution in [0.4, 0.5) is 5.13 Å². The molecule has 0 bridgehead atoms. The number of aromatic nitrogens is 1. The van der Waals surface area contributed by atoms with Gasteiger partial charge in [0, 0.05) is 22.5 Å². The van der Waals surface area contributed by atoms with Crippen LogP contribution >= 0.6 is 39.7 Å². The van der Waals surface area contributed by atoms with Crippen LogP contribution in [0.1, 0.15) is 12.8 Å². The van der Waals surface area contributed by atoms with Crippen LogP contribution < -0.4 is 10.6 Å². The minimum Gasteiger partial charge on any atom is -0.368 e. The highest BCUT2D eigenvalue weighted by Gasteiger charge is 2.40. The van der Waals surface area contributed by atoms with Crippen molar-refractivity contribution in [1.29, 1.82) is 0 Å². The average Bonchev–Trinajstić information content (AvgIpc) is 3.04. The van der Waals surface area contributed by atoms with Crippen molar-refractivity contribution in [3.05, 3.63) is 34.1 Å². The van der Waals surface area contributed by atoms with E-state index in [4.69, 9.17) is 4.74 Å². The lowest BCUT2D eigenvalue weighted by Crippen LogP contribution is -2.51. The molecule has 1 saturated heterocycles. The number of benzene rings is 1. The van der Waals surface area contributed by atoms with Gasteiger partial charge in [-0.05, 0) is 38.1 Å². The monoisotopic (exact) mass is 431 g/mol. The Morgan fingerprint density at radius 2 is 2.17 bits per heavy atom. The number of nitrogens with zero attached hydrogens (tertiary/aromatic N) is 1. The lowest BCUT2D eigenvalue weighted by atomic mass is 9.91. The topological polar surface area (TPSA) is 63.2 Å². The van der Waals surface area contributed by atoms with Crippen molar-refractivity contribution in [2.24, 2.45) is 0 Å². The number of methoxy groups -OCH3 is 1. The van der Waals surface area contributed by atoms with Gasteiger partial charge in [-0.25, -0.2) is 4.98 Å². The number of carbonyl (C=O) groups excluding carboxylic acids is 1. The highest BCUT2D eigenvalue weighted by molar-refractivity contribution is 9.10. The maximum Gasteiger partial charge on any atom is 0.258 e. The van der Waals surface area contributed by atoms with Gasteiger partial charge in [0.1, 0.15) is 5.60 Å². The first kappa shape index (κ1) is 19.3. The molecule has 3 rings (SSSR count). The summed E-state index contributed by atoms with van der Waals surface area (Å²) in [6.45, 7) is 1.56. The third-order valence-electron chi connectivity index (χ3n) is 4.06. The Balaban J connectivity index is 0.00000208. The van der Waals surface area contributed by atoms with E-state index in [0.717, 1.165) is 28.8 Å². The van der Waals surface area contributed by atoms with E-state index < -0.39 is 5.60 Å². The van der Waals surface area contributed by atoms with E-state index in [0.29, 0.717) is 18.0 Å². The summed E-state index contributed by atoms with van der Waals surface area (Å²) in [5, 5.41) is 8.70. The van der Waals surface area contributed by atoms with Gasteiger partial charge in [-0.2, -0.15) is 0 Å². The molecule has 8 heteroatoms. The van der Waals surface area contributed by atoms with Crippen molar-refractivity contribution < 1.29 is 9.53 Å². The number of carbonyl (C=O) groups is 1. The number of halogens is 2. The van der Waals surface area contributed by atoms with Gasteiger partial charge >= 0.3 is 0 Å². The fourth-order valence-electron chi connectivity index (χ4n) is 2.68. The van der Waals surface area contributed by atoms with Gasteiger partial charge < -0.3 is 10.1 Å². The molecule has 130 valence electrons. The van der Waals surface area contributed by atoms with E-state index in [1.807, 2.05) is 29.6 Å². The predicted octanol–water partition coefficient (Wildman–Crippen LogP) is 3.70. The first-order valence-corrected chi connectivity index (χ1v) is 9.09. The number of thiazole rings is 1. The van der Waals surface area contributed by atoms with Crippen LogP contribution in [0.25, 0.3) is 11.3 Å². The van der Waals surface area contributed by atoms with E-state index in [1.165, 1.54) is 11.3 Å². The molecule has 0 spiro atoms. The third kappa shape index (κ3) is 4.15. The Hall–Kier alpha value is -0.990. The van der Waals surface area contributed by atoms with Crippen LogP contribution in [0.5, 0.6) is 0 Å². The van der Waals surface area contributed by atoms with Crippen molar-refractivity contribution in [2.45, 2.75) is 18.4 Å². The quantitative estimate of drug-likeness (QED) is 0.773. The minimum absolute atomic E-state index is 0. The molecule has 2 aromatic rings. The molecule has 0 unspecified atom stereocenters. The summed E-state index contributed by atoms with van der Waals surface area (Å²) in [5.74, 6) is -0.114. The fourth-order valence-corrected chi connectivity index (χ4v) is 3.79. The molecule has 1 fully saturated rings. The number of piperidine rings is 1. The molecule has 2 N–H and O–H groups in total. The number of anilines is 1. The summed E-state index contributed by atoms with van der Waals surface area (Å²) in [5.41, 5.74) is 1.11. The van der Waals surface area contributed by atoms with E-state index in [2.05, 4.69) is 31.5 Å². The zero-order valence-electron chi connectivity index (χ0n) is 13.2. The number of hydrogen-bond acceptors (Lipinski definition) is 5. The molecule has 0 radical (unpaired) electrons. The number of ether oxygens (including phenoxy) is 1. The smallest absolute Gasteiger partial charge is 0.258 e. The Bertz CT molecular complexity index is 704. The van der Waals surface area contributed by atoms with Crippen LogP contribution in [-0.2, 0) is 9.53 Å². The molecule has 2 heterocycles. The first-order valence-electron chi connectivity index (χ1n) is 7.42. The second-order valence-corrected chi connectivity index (χ2v) is 7.22. The lowest BCUT2D eigenvalue weighted by molar-refractivity contribution is -0.140. The van der Waals surface area contributed by atoms with E-state index >= 15 is 0 Å². The number of rotatable bonds is 4. The summed E-state index contributed by atoms with van der Waals surface area (Å²) in [7, 11) is 1.60. The molecule has 1 amide bonds. The minimum atomic E-state index is -0.757. The van der Waals surface area contributed by atoms with Crippen molar-refractivity contribution in [1.82, 2.24) is 10.3 Å². The summed E-state index contributed by atoms with van der Waals surface area (Å²) in [6.07, 6.45) is 1.33. The highest BCUT2D eigenvalue weighted by atomic mass is 79.9. The third-order valence-corrected chi connectivity index (χ3v) is 5.31. The van der Waals surface area contributed by atoms with Crippen molar-refractivity contribution >= 4 is 50.7 Å². The van der Waals surface area contributed by atoms with Crippen LogP contribution in [0, 0.1) is 0 Å². The Morgan fingerprint density at radius 1 is 1.42 bits per heavy atom. The van der Waals surface area contributed by atoms with Crippen LogP contribution in [-0.4, -0.2) is 36.7 Å². The zero-order chi connectivity index (χ0) is 16.3. The predicted molar refractivity (Wildman–Crippen MR) is 103 cm³/mol. The second-order valence-electron chi connectivity index (χ2n) is 5.45. The Morgan fingerprint density at radius 3 is 2.83 bits per heavy atom. The van der Waals surface area contributed by atoms with Gasteiger partial charge in [-0.15, -0.1) is 23.7 Å². The molecular formula is C16H19BrClN3O2S. The van der Waals surface area contributed by atoms with Gasteiger partial charge in [0.05, 0.1) is 5.69 Å². The normalized spacial score (nSPS) is 16.2. The number of amides is 1. The highest BCUT2D eigenvalue weighted by Crippen LogP contribution is 2.29. The van der Waals surface area contributed by atoms with E-state index in [1.54, 1.807) is 7.11 Å². The van der Waals surface area contributed by atoms with Crippen LogP contribution in [0.2, 0.25) is 0 Å². The molecule has 0 saturated carbocycles. The van der Waals surface area contributed by atoms with Crippen molar-refractivity contribution in [3.8, 4) is 11.3 Å². The molecule has 0 aliphatic carbocycles. The van der Waals surface area contributed by atoms with E-state index in [-0.39, 0.29) is 18.3 Å². The molecular weight excluding hydrogens is 414 g/mol. The zero-order valence-corrected chi connectivity index (χ0v) is 16.4. The van der Waals surface area contributed by atoms with Crippen molar-refractivity contribution in [3.63, 3.8) is 0 Å². The number of hydrogen-bond donors (Lipinski definition) is 2. The molecule has 5 nitrogen and oxygen atoms in total. The molecule has 1 aliphatic rings. The summed E-state index contributed by atoms with van der Waals surface area (Å²) >= 11 is 4.88. The van der Waals surface area contributed by atoms with Crippen molar-refractivity contribution in [2.75, 3.05) is 25.5 Å². The van der Waals surface area contributed by atoms with Gasteiger partial charge in [-0.3, -0.25) is 10.1 Å². The average molecular weight is 433 g/mol. The van der Waals surface area contributed by atoms with Gasteiger partial charge in [0.2, 0.25) is 0 Å². The molecule has 24 heavy (non-hydrogen) atoms. The SMILES string of the molecule is COC1(C(=O)Nc2nc(-c3cccc(Br)c3)cs2)CCNCC1.Cl. The van der Waals surface area contributed by atoms with Gasteiger partial charge in [0.25, 0.3) is 5.91 Å². The largest absolute Gasteiger partial charge is 0.368 e. The molecule has 1 aromatic heterocycles. The lowest BCUT2D eigenvalue weighted by Gasteiger charge is -2.34. The maximum absolute atomic E-state index is 12.6. The summed E-state index contributed by atoms with van der Waals surface area (Å²) < 4.78 is 6.54.